The van der Waals surface area contributed by atoms with Crippen LogP contribution in [-0.4, -0.2) is 81.5 Å². The molecule has 2 atom stereocenters. The third kappa shape index (κ3) is 9.96. The number of esters is 2. The van der Waals surface area contributed by atoms with Crippen LogP contribution in [0, 0.1) is 0 Å². The first-order valence-corrected chi connectivity index (χ1v) is 16.0. The van der Waals surface area contributed by atoms with Crippen molar-refractivity contribution in [3.63, 3.8) is 0 Å². The SMILES string of the molecule is COc1ccc(COC(=O)C(=C(O)CBr)N2C(=O)C(NC(=O)CN(C(=O)OC(C)(C)C)c3cccc(OC(C)=O)c3)C2SC=O)cc1. The molecule has 14 nitrogen and oxygen atoms in total. The second kappa shape index (κ2) is 16.3. The number of amides is 3. The smallest absolute Gasteiger partial charge is 0.415 e. The molecule has 0 bridgehead atoms. The third-order valence-electron chi connectivity index (χ3n) is 6.22. The van der Waals surface area contributed by atoms with Crippen LogP contribution in [0.3, 0.4) is 0 Å². The fourth-order valence-electron chi connectivity index (χ4n) is 4.21. The van der Waals surface area contributed by atoms with Crippen molar-refractivity contribution in [2.75, 3.05) is 23.9 Å². The van der Waals surface area contributed by atoms with Crippen molar-refractivity contribution in [2.24, 2.45) is 0 Å². The fraction of sp³-hybridized carbons (Fsp3) is 0.355. The molecular formula is C31H34BrN3O11S. The maximum Gasteiger partial charge on any atom is 0.415 e. The number of methoxy groups -OCH3 is 1. The van der Waals surface area contributed by atoms with Crippen LogP contribution >= 0.6 is 27.7 Å². The van der Waals surface area contributed by atoms with E-state index in [4.69, 9.17) is 18.9 Å². The van der Waals surface area contributed by atoms with Gasteiger partial charge in [0, 0.05) is 13.0 Å². The number of allylic oxidation sites excluding steroid dienone is 1. The molecule has 0 spiro atoms. The lowest BCUT2D eigenvalue weighted by Crippen LogP contribution is -2.70. The zero-order valence-electron chi connectivity index (χ0n) is 26.2. The van der Waals surface area contributed by atoms with Crippen molar-refractivity contribution in [1.82, 2.24) is 10.2 Å². The predicted molar refractivity (Wildman–Crippen MR) is 174 cm³/mol. The van der Waals surface area contributed by atoms with Gasteiger partial charge < -0.3 is 29.4 Å². The van der Waals surface area contributed by atoms with Gasteiger partial charge in [0.1, 0.15) is 47.4 Å². The molecule has 0 saturated carbocycles. The summed E-state index contributed by atoms with van der Waals surface area (Å²) >= 11 is 3.65. The lowest BCUT2D eigenvalue weighted by molar-refractivity contribution is -0.153. The number of likely N-dealkylation sites (tertiary alicyclic amines) is 1. The first-order chi connectivity index (χ1) is 22.2. The molecule has 3 rings (SSSR count). The molecule has 47 heavy (non-hydrogen) atoms. The number of nitrogens with zero attached hydrogens (tertiary/aromatic N) is 2. The van der Waals surface area contributed by atoms with Crippen molar-refractivity contribution in [1.29, 1.82) is 0 Å². The minimum absolute atomic E-state index is 0.112. The van der Waals surface area contributed by atoms with Gasteiger partial charge in [0.2, 0.25) is 5.91 Å². The van der Waals surface area contributed by atoms with Gasteiger partial charge in [-0.2, -0.15) is 0 Å². The highest BCUT2D eigenvalue weighted by Gasteiger charge is 2.53. The van der Waals surface area contributed by atoms with Gasteiger partial charge in [0.15, 0.2) is 11.3 Å². The van der Waals surface area contributed by atoms with Gasteiger partial charge in [-0.05, 0) is 50.6 Å². The Bertz CT molecular complexity index is 1540. The summed E-state index contributed by atoms with van der Waals surface area (Å²) < 4.78 is 21.0. The molecule has 1 fully saturated rings. The van der Waals surface area contributed by atoms with E-state index in [2.05, 4.69) is 21.2 Å². The number of β-lactam (4-membered cyclic amide) rings is 1. The van der Waals surface area contributed by atoms with E-state index in [0.717, 1.165) is 9.80 Å². The van der Waals surface area contributed by atoms with Crippen LogP contribution in [0.2, 0.25) is 0 Å². The Morgan fingerprint density at radius 3 is 2.36 bits per heavy atom. The summed E-state index contributed by atoms with van der Waals surface area (Å²) in [5.41, 5.74) is -0.271. The van der Waals surface area contributed by atoms with Crippen molar-refractivity contribution < 1.29 is 52.8 Å². The summed E-state index contributed by atoms with van der Waals surface area (Å²) in [4.78, 5) is 77.8. The number of aliphatic hydroxyl groups is 1. The largest absolute Gasteiger partial charge is 0.509 e. The number of carbonyl (C=O) groups is 6. The number of carbonyl (C=O) groups excluding carboxylic acids is 6. The molecule has 2 aromatic carbocycles. The van der Waals surface area contributed by atoms with E-state index in [9.17, 15) is 33.9 Å². The van der Waals surface area contributed by atoms with Gasteiger partial charge in [-0.15, -0.1) is 0 Å². The van der Waals surface area contributed by atoms with E-state index in [-0.39, 0.29) is 23.4 Å². The van der Waals surface area contributed by atoms with E-state index >= 15 is 0 Å². The molecule has 2 aromatic rings. The highest BCUT2D eigenvalue weighted by atomic mass is 79.9. The van der Waals surface area contributed by atoms with Crippen LogP contribution < -0.4 is 19.7 Å². The molecule has 0 aromatic heterocycles. The monoisotopic (exact) mass is 735 g/mol. The lowest BCUT2D eigenvalue weighted by atomic mass is 10.0. The minimum atomic E-state index is -1.32. The first kappa shape index (κ1) is 36.9. The topological polar surface area (TPSA) is 178 Å². The maximum absolute atomic E-state index is 13.4. The first-order valence-electron chi connectivity index (χ1n) is 14.0. The number of anilines is 1. The van der Waals surface area contributed by atoms with E-state index in [1.807, 2.05) is 0 Å². The van der Waals surface area contributed by atoms with Gasteiger partial charge in [0.25, 0.3) is 5.91 Å². The van der Waals surface area contributed by atoms with Gasteiger partial charge in [-0.3, -0.25) is 29.0 Å². The maximum atomic E-state index is 13.4. The number of nitrogens with one attached hydrogen (secondary N) is 1. The van der Waals surface area contributed by atoms with Crippen molar-refractivity contribution in [3.05, 3.63) is 65.6 Å². The number of hydrogen-bond acceptors (Lipinski definition) is 12. The Labute approximate surface area is 283 Å². The predicted octanol–water partition coefficient (Wildman–Crippen LogP) is 3.85. The number of ether oxygens (including phenoxy) is 4. The van der Waals surface area contributed by atoms with Crippen LogP contribution in [0.5, 0.6) is 11.5 Å². The van der Waals surface area contributed by atoms with Crippen LogP contribution in [0.15, 0.2) is 60.0 Å². The van der Waals surface area contributed by atoms with E-state index in [1.54, 1.807) is 45.0 Å². The Balaban J connectivity index is 1.81. The molecule has 0 radical (unpaired) electrons. The molecule has 0 aliphatic carbocycles. The van der Waals surface area contributed by atoms with Crippen LogP contribution in [0.4, 0.5) is 10.5 Å². The Morgan fingerprint density at radius 1 is 1.11 bits per heavy atom. The second-order valence-corrected chi connectivity index (χ2v) is 12.4. The average Bonchev–Trinajstić information content (AvgIpc) is 3.02. The van der Waals surface area contributed by atoms with Crippen LogP contribution in [0.1, 0.15) is 33.3 Å². The number of benzene rings is 2. The molecule has 1 aliphatic rings. The number of halogens is 1. The van der Waals surface area contributed by atoms with E-state index in [0.29, 0.717) is 28.7 Å². The third-order valence-corrected chi connectivity index (χ3v) is 7.63. The number of alkyl halides is 1. The van der Waals surface area contributed by atoms with Gasteiger partial charge in [-0.25, -0.2) is 9.59 Å². The normalized spacial score (nSPS) is 16.2. The molecule has 2 unspecified atom stereocenters. The van der Waals surface area contributed by atoms with Crippen molar-refractivity contribution >= 4 is 68.8 Å². The zero-order valence-corrected chi connectivity index (χ0v) is 28.6. The van der Waals surface area contributed by atoms with Gasteiger partial charge in [0.05, 0.1) is 18.1 Å². The number of thioether (sulfide) groups is 1. The summed E-state index contributed by atoms with van der Waals surface area (Å²) in [6, 6.07) is 11.2. The Morgan fingerprint density at radius 2 is 1.79 bits per heavy atom. The molecule has 16 heteroatoms. The van der Waals surface area contributed by atoms with Gasteiger partial charge in [-0.1, -0.05) is 45.9 Å². The second-order valence-electron chi connectivity index (χ2n) is 10.9. The van der Waals surface area contributed by atoms with Crippen molar-refractivity contribution in [3.8, 4) is 11.5 Å². The summed E-state index contributed by atoms with van der Waals surface area (Å²) in [6.45, 7) is 5.27. The van der Waals surface area contributed by atoms with E-state index in [1.165, 1.54) is 38.3 Å². The standard InChI is InChI=1S/C31H34BrN3O11S/c1-18(37)45-22-8-6-7-20(13-22)34(30(42)46-31(2,3)4)15-24(39)33-25-27(40)35(28(25)47-17-36)26(23(38)14-32)29(41)44-16-19-9-11-21(43-5)12-10-19/h6-13,17,25,28,38H,14-16H2,1-5H3,(H,33,39). The molecule has 1 saturated heterocycles. The minimum Gasteiger partial charge on any atom is -0.509 e. The summed E-state index contributed by atoms with van der Waals surface area (Å²) in [5, 5.41) is 11.7. The average molecular weight is 737 g/mol. The van der Waals surface area contributed by atoms with E-state index < -0.39 is 64.9 Å². The lowest BCUT2D eigenvalue weighted by Gasteiger charge is -2.46. The van der Waals surface area contributed by atoms with Gasteiger partial charge >= 0.3 is 18.0 Å². The Hall–Kier alpha value is -4.57. The molecule has 1 heterocycles. The van der Waals surface area contributed by atoms with Crippen LogP contribution in [-0.2, 0) is 40.1 Å². The molecule has 1 aliphatic heterocycles. The fourth-order valence-corrected chi connectivity index (χ4v) is 5.26. The van der Waals surface area contributed by atoms with Crippen molar-refractivity contribution in [2.45, 2.75) is 51.3 Å². The summed E-state index contributed by atoms with van der Waals surface area (Å²) in [6.07, 6.45) is -0.903. The highest BCUT2D eigenvalue weighted by molar-refractivity contribution is 9.09. The number of hydrogen-bond donors (Lipinski definition) is 2. The summed E-state index contributed by atoms with van der Waals surface area (Å²) in [5.74, 6) is -3.11. The van der Waals surface area contributed by atoms with Crippen LogP contribution in [0.25, 0.3) is 0 Å². The number of rotatable bonds is 13. The molecular weight excluding hydrogens is 702 g/mol. The molecule has 2 N–H and O–H groups in total. The quantitative estimate of drug-likeness (QED) is 0.0579. The number of aliphatic hydroxyl groups excluding tert-OH is 1. The molecule has 3 amide bonds. The summed E-state index contributed by atoms with van der Waals surface area (Å²) in [7, 11) is 1.51. The molecule has 252 valence electrons. The Kier molecular flexibility index (Phi) is 12.8. The highest BCUT2D eigenvalue weighted by Crippen LogP contribution is 2.35. The zero-order chi connectivity index (χ0) is 34.9.